The van der Waals surface area contributed by atoms with Crippen molar-refractivity contribution in [3.63, 3.8) is 0 Å². The second-order valence-corrected chi connectivity index (χ2v) is 6.76. The van der Waals surface area contributed by atoms with Crippen molar-refractivity contribution in [1.29, 1.82) is 0 Å². The molecule has 0 aliphatic heterocycles. The number of ketones is 1. The van der Waals surface area contributed by atoms with E-state index in [9.17, 15) is 4.79 Å². The molecule has 0 bridgehead atoms. The Bertz CT molecular complexity index is 334. The average molecular weight is 206 g/mol. The number of hydrogen-bond acceptors (Lipinski definition) is 1. The van der Waals surface area contributed by atoms with Crippen molar-refractivity contribution in [2.45, 2.75) is 59.3 Å². The Hall–Kier alpha value is -0.330. The van der Waals surface area contributed by atoms with Gasteiger partial charge in [0.25, 0.3) is 0 Å². The Kier molecular flexibility index (Phi) is 1.64. The standard InChI is InChI=1S/C14H22O/c1-10-5-6-11(15)13(3)9-12(2)7-4-8-14(10,12)13/h10H,4-9H2,1-3H3/t10-,12+,13-,14-/m1/s1. The van der Waals surface area contributed by atoms with Crippen molar-refractivity contribution in [2.24, 2.45) is 22.2 Å². The van der Waals surface area contributed by atoms with Crippen LogP contribution in [0.4, 0.5) is 0 Å². The third kappa shape index (κ3) is 0.786. The molecule has 4 atom stereocenters. The zero-order valence-corrected chi connectivity index (χ0v) is 10.2. The van der Waals surface area contributed by atoms with Crippen molar-refractivity contribution in [2.75, 3.05) is 0 Å². The molecule has 0 aromatic heterocycles. The van der Waals surface area contributed by atoms with Crippen LogP contribution in [-0.2, 0) is 4.79 Å². The van der Waals surface area contributed by atoms with Crippen LogP contribution in [-0.4, -0.2) is 5.78 Å². The van der Waals surface area contributed by atoms with Crippen molar-refractivity contribution < 1.29 is 4.79 Å². The number of carbonyl (C=O) groups excluding carboxylic acids is 1. The van der Waals surface area contributed by atoms with Crippen LogP contribution in [0.25, 0.3) is 0 Å². The fraction of sp³-hybridized carbons (Fsp3) is 0.929. The molecule has 3 aliphatic rings. The van der Waals surface area contributed by atoms with Crippen LogP contribution in [0.2, 0.25) is 0 Å². The maximum absolute atomic E-state index is 12.2. The first-order chi connectivity index (χ1) is 6.96. The quantitative estimate of drug-likeness (QED) is 0.592. The predicted molar refractivity (Wildman–Crippen MR) is 60.5 cm³/mol. The van der Waals surface area contributed by atoms with Gasteiger partial charge in [0, 0.05) is 11.8 Å². The van der Waals surface area contributed by atoms with Crippen LogP contribution >= 0.6 is 0 Å². The lowest BCUT2D eigenvalue weighted by Crippen LogP contribution is -2.68. The van der Waals surface area contributed by atoms with Gasteiger partial charge in [-0.05, 0) is 42.4 Å². The lowest BCUT2D eigenvalue weighted by Gasteiger charge is -2.71. The molecule has 3 rings (SSSR count). The van der Waals surface area contributed by atoms with Crippen LogP contribution in [0.3, 0.4) is 0 Å². The van der Waals surface area contributed by atoms with E-state index in [1.807, 2.05) is 0 Å². The molecule has 0 amide bonds. The maximum Gasteiger partial charge on any atom is 0.139 e. The normalized spacial score (nSPS) is 58.3. The molecule has 0 heterocycles. The minimum absolute atomic E-state index is 0.0515. The molecule has 3 saturated carbocycles. The van der Waals surface area contributed by atoms with E-state index in [1.165, 1.54) is 25.7 Å². The predicted octanol–water partition coefficient (Wildman–Crippen LogP) is 3.57. The van der Waals surface area contributed by atoms with Gasteiger partial charge in [0.05, 0.1) is 0 Å². The number of carbonyl (C=O) groups is 1. The molecule has 3 fully saturated rings. The summed E-state index contributed by atoms with van der Waals surface area (Å²) in [5.74, 6) is 1.33. The SMILES string of the molecule is C[C@@H]1CCC(=O)[C@@]2(C)C[C@]3(C)CCC[C@@]132. The van der Waals surface area contributed by atoms with Crippen LogP contribution < -0.4 is 0 Å². The van der Waals surface area contributed by atoms with E-state index in [-0.39, 0.29) is 5.41 Å². The van der Waals surface area contributed by atoms with Gasteiger partial charge < -0.3 is 0 Å². The van der Waals surface area contributed by atoms with E-state index in [0.717, 1.165) is 18.8 Å². The first-order valence-electron chi connectivity index (χ1n) is 6.50. The second-order valence-electron chi connectivity index (χ2n) is 6.76. The fourth-order valence-corrected chi connectivity index (χ4v) is 5.90. The maximum atomic E-state index is 12.2. The van der Waals surface area contributed by atoms with Gasteiger partial charge in [-0.1, -0.05) is 27.2 Å². The van der Waals surface area contributed by atoms with Crippen LogP contribution in [0.1, 0.15) is 59.3 Å². The highest BCUT2D eigenvalue weighted by molar-refractivity contribution is 5.88. The highest BCUT2D eigenvalue weighted by Crippen LogP contribution is 2.80. The van der Waals surface area contributed by atoms with Gasteiger partial charge in [0.1, 0.15) is 5.78 Å². The van der Waals surface area contributed by atoms with E-state index in [0.29, 0.717) is 16.6 Å². The topological polar surface area (TPSA) is 17.1 Å². The molecule has 0 N–H and O–H groups in total. The Morgan fingerprint density at radius 3 is 2.67 bits per heavy atom. The third-order valence-corrected chi connectivity index (χ3v) is 6.37. The van der Waals surface area contributed by atoms with Gasteiger partial charge in [-0.2, -0.15) is 0 Å². The second kappa shape index (κ2) is 2.49. The zero-order valence-electron chi connectivity index (χ0n) is 10.2. The molecule has 0 saturated heterocycles. The van der Waals surface area contributed by atoms with Crippen molar-refractivity contribution >= 4 is 5.78 Å². The Morgan fingerprint density at radius 2 is 2.00 bits per heavy atom. The zero-order chi connectivity index (χ0) is 10.9. The minimum atomic E-state index is 0.0515. The third-order valence-electron chi connectivity index (χ3n) is 6.37. The average Bonchev–Trinajstić information content (AvgIpc) is 2.44. The van der Waals surface area contributed by atoms with Crippen molar-refractivity contribution in [1.82, 2.24) is 0 Å². The van der Waals surface area contributed by atoms with E-state index < -0.39 is 0 Å². The molecule has 0 aromatic rings. The summed E-state index contributed by atoms with van der Waals surface area (Å²) in [7, 11) is 0. The van der Waals surface area contributed by atoms with Gasteiger partial charge >= 0.3 is 0 Å². The van der Waals surface area contributed by atoms with Gasteiger partial charge in [-0.15, -0.1) is 0 Å². The molecular formula is C14H22O. The Labute approximate surface area is 92.6 Å². The number of rotatable bonds is 0. The summed E-state index contributed by atoms with van der Waals surface area (Å²) in [6, 6.07) is 0. The number of Topliss-reactive ketones (excluding diaryl/α,β-unsaturated/α-hetero) is 1. The molecule has 0 radical (unpaired) electrons. The highest BCUT2D eigenvalue weighted by Gasteiger charge is 2.75. The van der Waals surface area contributed by atoms with E-state index >= 15 is 0 Å². The molecule has 3 aliphatic carbocycles. The molecule has 1 nitrogen and oxygen atoms in total. The van der Waals surface area contributed by atoms with Gasteiger partial charge in [-0.3, -0.25) is 4.79 Å². The molecule has 84 valence electrons. The molecule has 15 heavy (non-hydrogen) atoms. The lowest BCUT2D eigenvalue weighted by molar-refractivity contribution is -0.223. The van der Waals surface area contributed by atoms with Gasteiger partial charge in [0.15, 0.2) is 0 Å². The summed E-state index contributed by atoms with van der Waals surface area (Å²) in [5, 5.41) is 0. The minimum Gasteiger partial charge on any atom is -0.299 e. The molecule has 0 aromatic carbocycles. The van der Waals surface area contributed by atoms with Crippen LogP contribution in [0, 0.1) is 22.2 Å². The molecule has 1 heteroatoms. The van der Waals surface area contributed by atoms with Crippen LogP contribution in [0.5, 0.6) is 0 Å². The molecular weight excluding hydrogens is 184 g/mol. The smallest absolute Gasteiger partial charge is 0.139 e. The van der Waals surface area contributed by atoms with Gasteiger partial charge in [0.2, 0.25) is 0 Å². The fourth-order valence-electron chi connectivity index (χ4n) is 5.90. The largest absolute Gasteiger partial charge is 0.299 e. The monoisotopic (exact) mass is 206 g/mol. The summed E-state index contributed by atoms with van der Waals surface area (Å²) in [6.45, 7) is 7.10. The summed E-state index contributed by atoms with van der Waals surface area (Å²) in [6.07, 6.45) is 7.18. The summed E-state index contributed by atoms with van der Waals surface area (Å²) >= 11 is 0. The lowest BCUT2D eigenvalue weighted by atomic mass is 9.32. The van der Waals surface area contributed by atoms with E-state index in [2.05, 4.69) is 20.8 Å². The van der Waals surface area contributed by atoms with E-state index in [1.54, 1.807) is 0 Å². The van der Waals surface area contributed by atoms with Crippen molar-refractivity contribution in [3.8, 4) is 0 Å². The molecule has 1 spiro atoms. The Morgan fingerprint density at radius 1 is 1.27 bits per heavy atom. The van der Waals surface area contributed by atoms with Gasteiger partial charge in [-0.25, -0.2) is 0 Å². The summed E-state index contributed by atoms with van der Waals surface area (Å²) in [4.78, 5) is 12.2. The number of hydrogen-bond donors (Lipinski definition) is 0. The van der Waals surface area contributed by atoms with Crippen molar-refractivity contribution in [3.05, 3.63) is 0 Å². The summed E-state index contributed by atoms with van der Waals surface area (Å²) in [5.41, 5.74) is 0.933. The highest BCUT2D eigenvalue weighted by atomic mass is 16.1. The van der Waals surface area contributed by atoms with E-state index in [4.69, 9.17) is 0 Å². The Balaban J connectivity index is 2.11. The van der Waals surface area contributed by atoms with Crippen LogP contribution in [0.15, 0.2) is 0 Å². The first-order valence-corrected chi connectivity index (χ1v) is 6.50. The molecule has 0 unspecified atom stereocenters. The summed E-state index contributed by atoms with van der Waals surface area (Å²) < 4.78 is 0. The first kappa shape index (κ1) is 9.86.